The molecule has 202 valence electrons. The number of amides is 2. The quantitative estimate of drug-likeness (QED) is 0.365. The number of anilines is 3. The molecule has 1 aliphatic rings. The summed E-state index contributed by atoms with van der Waals surface area (Å²) in [5.41, 5.74) is 8.74. The minimum atomic E-state index is -0.514. The number of aromatic nitrogens is 3. The average molecular weight is 546 g/mol. The molecule has 0 spiro atoms. The van der Waals surface area contributed by atoms with Crippen LogP contribution >= 0.6 is 11.3 Å². The number of nitrogens with zero attached hydrogens (tertiary/aromatic N) is 5. The minimum Gasteiger partial charge on any atom is -0.444 e. The first-order valence-electron chi connectivity index (χ1n) is 12.8. The van der Waals surface area contributed by atoms with Crippen molar-refractivity contribution in [1.82, 2.24) is 19.9 Å². The molecule has 0 aliphatic carbocycles. The highest BCUT2D eigenvalue weighted by Gasteiger charge is 2.24. The van der Waals surface area contributed by atoms with E-state index in [0.717, 1.165) is 34.4 Å². The zero-order valence-electron chi connectivity index (χ0n) is 22.2. The van der Waals surface area contributed by atoms with Crippen molar-refractivity contribution >= 4 is 50.2 Å². The lowest BCUT2D eigenvalue weighted by atomic mass is 10.1. The van der Waals surface area contributed by atoms with Crippen LogP contribution in [-0.2, 0) is 4.74 Å². The third kappa shape index (κ3) is 6.26. The maximum atomic E-state index is 13.0. The van der Waals surface area contributed by atoms with Gasteiger partial charge in [-0.05, 0) is 51.5 Å². The van der Waals surface area contributed by atoms with Gasteiger partial charge in [0.05, 0.1) is 22.1 Å². The Morgan fingerprint density at radius 1 is 1.00 bits per heavy atom. The molecule has 5 rings (SSSR count). The van der Waals surface area contributed by atoms with E-state index in [1.165, 1.54) is 11.3 Å². The van der Waals surface area contributed by atoms with Gasteiger partial charge >= 0.3 is 6.09 Å². The molecule has 1 saturated heterocycles. The van der Waals surface area contributed by atoms with Gasteiger partial charge in [0.25, 0.3) is 5.91 Å². The Labute approximate surface area is 230 Å². The summed E-state index contributed by atoms with van der Waals surface area (Å²) in [4.78, 5) is 42.6. The van der Waals surface area contributed by atoms with Crippen LogP contribution in [0, 0.1) is 0 Å². The maximum Gasteiger partial charge on any atom is 0.410 e. The molecule has 39 heavy (non-hydrogen) atoms. The van der Waals surface area contributed by atoms with E-state index in [-0.39, 0.29) is 17.6 Å². The number of ether oxygens (including phenoxy) is 1. The van der Waals surface area contributed by atoms with Crippen molar-refractivity contribution < 1.29 is 14.3 Å². The molecule has 3 heterocycles. The molecule has 4 aromatic rings. The highest BCUT2D eigenvalue weighted by molar-refractivity contribution is 7.22. The van der Waals surface area contributed by atoms with Gasteiger partial charge in [0.1, 0.15) is 5.60 Å². The predicted molar refractivity (Wildman–Crippen MR) is 154 cm³/mol. The summed E-state index contributed by atoms with van der Waals surface area (Å²) in [7, 11) is 0. The van der Waals surface area contributed by atoms with Crippen molar-refractivity contribution in [1.29, 1.82) is 0 Å². The number of thiazole rings is 1. The summed E-state index contributed by atoms with van der Waals surface area (Å²) in [5.74, 6) is -0.412. The number of fused-ring (bicyclic) bond motifs is 1. The predicted octanol–water partition coefficient (Wildman–Crippen LogP) is 5.04. The Hall–Kier alpha value is -4.25. The number of nitrogen functional groups attached to an aromatic ring is 1. The molecule has 3 N–H and O–H groups in total. The number of benzene rings is 2. The molecule has 2 amide bonds. The topological polar surface area (TPSA) is 127 Å². The van der Waals surface area contributed by atoms with E-state index < -0.39 is 11.5 Å². The van der Waals surface area contributed by atoms with Crippen LogP contribution in [0.5, 0.6) is 0 Å². The molecule has 10 nitrogen and oxygen atoms in total. The summed E-state index contributed by atoms with van der Waals surface area (Å²) < 4.78 is 6.51. The number of carbonyl (C=O) groups is 2. The lowest BCUT2D eigenvalue weighted by molar-refractivity contribution is 0.0263. The Morgan fingerprint density at radius 2 is 1.77 bits per heavy atom. The third-order valence-corrected chi connectivity index (χ3v) is 7.16. The van der Waals surface area contributed by atoms with E-state index in [9.17, 15) is 9.59 Å². The first-order valence-corrected chi connectivity index (χ1v) is 13.6. The molecule has 0 bridgehead atoms. The first-order chi connectivity index (χ1) is 18.7. The van der Waals surface area contributed by atoms with Crippen LogP contribution in [0.15, 0.2) is 54.7 Å². The van der Waals surface area contributed by atoms with Crippen LogP contribution in [0.4, 0.5) is 21.4 Å². The van der Waals surface area contributed by atoms with Crippen molar-refractivity contribution in [2.75, 3.05) is 42.1 Å². The lowest BCUT2D eigenvalue weighted by Gasteiger charge is -2.27. The normalized spacial score (nSPS) is 14.2. The highest BCUT2D eigenvalue weighted by atomic mass is 32.1. The van der Waals surface area contributed by atoms with Gasteiger partial charge in [-0.15, -0.1) is 0 Å². The van der Waals surface area contributed by atoms with Crippen LogP contribution in [-0.4, -0.2) is 63.6 Å². The second kappa shape index (κ2) is 10.9. The fourth-order valence-electron chi connectivity index (χ4n) is 4.31. The molecule has 2 aromatic carbocycles. The van der Waals surface area contributed by atoms with Crippen LogP contribution in [0.3, 0.4) is 0 Å². The Bertz CT molecular complexity index is 1460. The van der Waals surface area contributed by atoms with Gasteiger partial charge < -0.3 is 20.3 Å². The second-order valence-corrected chi connectivity index (χ2v) is 11.3. The lowest BCUT2D eigenvalue weighted by Crippen LogP contribution is -2.39. The van der Waals surface area contributed by atoms with Gasteiger partial charge in [-0.2, -0.15) is 0 Å². The van der Waals surface area contributed by atoms with Crippen molar-refractivity contribution in [2.45, 2.75) is 32.8 Å². The van der Waals surface area contributed by atoms with Crippen molar-refractivity contribution in [3.8, 4) is 11.3 Å². The number of hydrogen-bond donors (Lipinski definition) is 2. The first kappa shape index (κ1) is 26.4. The van der Waals surface area contributed by atoms with Gasteiger partial charge in [0.2, 0.25) is 0 Å². The van der Waals surface area contributed by atoms with Crippen LogP contribution in [0.2, 0.25) is 0 Å². The van der Waals surface area contributed by atoms with E-state index >= 15 is 0 Å². The fraction of sp³-hybridized carbons (Fsp3) is 0.321. The highest BCUT2D eigenvalue weighted by Crippen LogP contribution is 2.27. The van der Waals surface area contributed by atoms with Crippen LogP contribution in [0.25, 0.3) is 21.5 Å². The molecular weight excluding hydrogens is 514 g/mol. The van der Waals surface area contributed by atoms with Crippen LogP contribution in [0.1, 0.15) is 37.7 Å². The number of para-hydroxylation sites is 1. The SMILES string of the molecule is CC(C)(C)OC(=O)N1CCCN(c2ccc(-c3cnc(N)c(C(=O)Nc4nc5ccccc5s4)n3)cc2)CC1. The minimum absolute atomic E-state index is 0.0468. The molecule has 2 aromatic heterocycles. The summed E-state index contributed by atoms with van der Waals surface area (Å²) in [5, 5.41) is 3.26. The number of nitrogens with one attached hydrogen (secondary N) is 1. The second-order valence-electron chi connectivity index (χ2n) is 10.3. The summed E-state index contributed by atoms with van der Waals surface area (Å²) in [6.07, 6.45) is 2.13. The van der Waals surface area contributed by atoms with Gasteiger partial charge in [-0.1, -0.05) is 35.6 Å². The van der Waals surface area contributed by atoms with Gasteiger partial charge in [-0.3, -0.25) is 10.1 Å². The largest absolute Gasteiger partial charge is 0.444 e. The number of carbonyl (C=O) groups excluding carboxylic acids is 2. The van der Waals surface area contributed by atoms with E-state index in [0.29, 0.717) is 30.5 Å². The molecule has 1 aliphatic heterocycles. The van der Waals surface area contributed by atoms with Gasteiger partial charge in [-0.25, -0.2) is 19.7 Å². The Kier molecular flexibility index (Phi) is 7.34. The van der Waals surface area contributed by atoms with E-state index in [4.69, 9.17) is 10.5 Å². The summed E-state index contributed by atoms with van der Waals surface area (Å²) >= 11 is 1.38. The van der Waals surface area contributed by atoms with E-state index in [2.05, 4.69) is 25.2 Å². The number of hydrogen-bond acceptors (Lipinski definition) is 9. The number of nitrogens with two attached hydrogens (primary N) is 1. The smallest absolute Gasteiger partial charge is 0.410 e. The monoisotopic (exact) mass is 545 g/mol. The molecule has 0 unspecified atom stereocenters. The van der Waals surface area contributed by atoms with Crippen molar-refractivity contribution in [3.05, 3.63) is 60.4 Å². The van der Waals surface area contributed by atoms with E-state index in [1.807, 2.05) is 69.3 Å². The molecule has 1 fully saturated rings. The van der Waals surface area contributed by atoms with Gasteiger partial charge in [0, 0.05) is 37.4 Å². The summed E-state index contributed by atoms with van der Waals surface area (Å²) in [6, 6.07) is 15.6. The molecule has 0 radical (unpaired) electrons. The van der Waals surface area contributed by atoms with Crippen LogP contribution < -0.4 is 16.0 Å². The van der Waals surface area contributed by atoms with Gasteiger partial charge in [0.15, 0.2) is 16.6 Å². The molecule has 11 heteroatoms. The standard InChI is InChI=1S/C28H31N7O3S/c1-28(2,3)38-27(37)35-14-6-13-34(15-16-35)19-11-9-18(10-12-19)21-17-30-24(29)23(31-21)25(36)33-26-32-20-7-4-5-8-22(20)39-26/h4-5,7-12,17H,6,13-16H2,1-3H3,(H2,29,30)(H,32,33,36). The summed E-state index contributed by atoms with van der Waals surface area (Å²) in [6.45, 7) is 8.41. The zero-order valence-corrected chi connectivity index (χ0v) is 23.0. The Morgan fingerprint density at radius 3 is 2.51 bits per heavy atom. The Balaban J connectivity index is 1.27. The number of rotatable bonds is 4. The zero-order chi connectivity index (χ0) is 27.6. The fourth-order valence-corrected chi connectivity index (χ4v) is 5.18. The molecule has 0 saturated carbocycles. The maximum absolute atomic E-state index is 13.0. The van der Waals surface area contributed by atoms with Crippen molar-refractivity contribution in [2.24, 2.45) is 0 Å². The average Bonchev–Trinajstić information content (AvgIpc) is 3.14. The molecule has 0 atom stereocenters. The van der Waals surface area contributed by atoms with Crippen molar-refractivity contribution in [3.63, 3.8) is 0 Å². The molecular formula is C28H31N7O3S. The van der Waals surface area contributed by atoms with E-state index in [1.54, 1.807) is 11.1 Å². The third-order valence-electron chi connectivity index (χ3n) is 6.21.